The molecule has 1 N–H and O–H groups in total. The number of ether oxygens (including phenoxy) is 2. The predicted octanol–water partition coefficient (Wildman–Crippen LogP) is 3.10. The van der Waals surface area contributed by atoms with E-state index in [0.29, 0.717) is 25.0 Å². The molecular formula is C16H16ClFN2O7. The van der Waals surface area contributed by atoms with Gasteiger partial charge in [-0.15, -0.1) is 0 Å². The number of carbonyl (C=O) groups is 2. The Bertz CT molecular complexity index is 812. The molecule has 1 aromatic rings. The summed E-state index contributed by atoms with van der Waals surface area (Å²) in [5.41, 5.74) is -0.584. The number of amides is 1. The molecule has 0 aromatic heterocycles. The molecule has 1 amide bonds. The second kappa shape index (κ2) is 8.67. The van der Waals surface area contributed by atoms with Crippen molar-refractivity contribution >= 4 is 35.4 Å². The number of piperidine rings is 1. The molecule has 27 heavy (non-hydrogen) atoms. The lowest BCUT2D eigenvalue weighted by molar-refractivity contribution is -0.388. The second-order valence-corrected chi connectivity index (χ2v) is 6.08. The number of hydrogen-bond acceptors (Lipinski definition) is 6. The van der Waals surface area contributed by atoms with E-state index in [9.17, 15) is 24.1 Å². The van der Waals surface area contributed by atoms with E-state index in [1.165, 1.54) is 6.08 Å². The van der Waals surface area contributed by atoms with Crippen molar-refractivity contribution in [1.82, 2.24) is 4.90 Å². The highest BCUT2D eigenvalue weighted by Crippen LogP contribution is 2.40. The maximum absolute atomic E-state index is 14.7. The minimum absolute atomic E-state index is 0.0702. The van der Waals surface area contributed by atoms with Crippen LogP contribution in [0.4, 0.5) is 14.9 Å². The average molecular weight is 403 g/mol. The highest BCUT2D eigenvalue weighted by Gasteiger charge is 2.29. The summed E-state index contributed by atoms with van der Waals surface area (Å²) in [5, 5.41) is 20.1. The van der Waals surface area contributed by atoms with Crippen LogP contribution in [0, 0.1) is 15.9 Å². The van der Waals surface area contributed by atoms with Gasteiger partial charge in [0.2, 0.25) is 11.6 Å². The number of esters is 1. The van der Waals surface area contributed by atoms with Crippen molar-refractivity contribution in [3.8, 4) is 5.75 Å². The van der Waals surface area contributed by atoms with Gasteiger partial charge in [-0.25, -0.2) is 9.59 Å². The average Bonchev–Trinajstić information content (AvgIpc) is 2.62. The van der Waals surface area contributed by atoms with Gasteiger partial charge in [-0.1, -0.05) is 17.7 Å². The standard InChI is InChI=1S/C16H16ClFN2O7/c1-26-12(21)8-27-15-11(17)6-10(13(18)14(15)20(24)25)5-9-3-2-4-19(7-9)16(22)23/h5-6H,2-4,7-8H2,1H3,(H,22,23). The number of nitro benzene ring substituents is 1. The lowest BCUT2D eigenvalue weighted by Crippen LogP contribution is -2.35. The van der Waals surface area contributed by atoms with Crippen LogP contribution in [0.5, 0.6) is 5.75 Å². The lowest BCUT2D eigenvalue weighted by Gasteiger charge is -2.26. The SMILES string of the molecule is COC(=O)COc1c(Cl)cc(C=C2CCCN(C(=O)O)C2)c(F)c1[N+](=O)[O-]. The Morgan fingerprint density at radius 2 is 2.22 bits per heavy atom. The third-order valence-corrected chi connectivity index (χ3v) is 4.15. The Hall–Kier alpha value is -2.88. The summed E-state index contributed by atoms with van der Waals surface area (Å²) in [4.78, 5) is 33.7. The van der Waals surface area contributed by atoms with Gasteiger partial charge in [0.25, 0.3) is 0 Å². The number of methoxy groups -OCH3 is 1. The number of benzene rings is 1. The molecular weight excluding hydrogens is 387 g/mol. The van der Waals surface area contributed by atoms with Gasteiger partial charge in [-0.3, -0.25) is 10.1 Å². The molecule has 0 saturated carbocycles. The van der Waals surface area contributed by atoms with Crippen molar-refractivity contribution in [2.75, 3.05) is 26.8 Å². The van der Waals surface area contributed by atoms with Crippen LogP contribution in [0.1, 0.15) is 18.4 Å². The fraction of sp³-hybridized carbons (Fsp3) is 0.375. The van der Waals surface area contributed by atoms with E-state index < -0.39 is 40.8 Å². The van der Waals surface area contributed by atoms with E-state index in [0.717, 1.165) is 18.1 Å². The van der Waals surface area contributed by atoms with Gasteiger partial charge in [-0.2, -0.15) is 4.39 Å². The molecule has 1 aliphatic heterocycles. The highest BCUT2D eigenvalue weighted by molar-refractivity contribution is 6.32. The van der Waals surface area contributed by atoms with Crippen molar-refractivity contribution in [2.45, 2.75) is 12.8 Å². The van der Waals surface area contributed by atoms with Crippen LogP contribution in [-0.4, -0.2) is 53.8 Å². The molecule has 0 aliphatic carbocycles. The Kier molecular flexibility index (Phi) is 6.56. The van der Waals surface area contributed by atoms with Crippen molar-refractivity contribution in [3.63, 3.8) is 0 Å². The van der Waals surface area contributed by atoms with Crippen molar-refractivity contribution in [1.29, 1.82) is 0 Å². The highest BCUT2D eigenvalue weighted by atomic mass is 35.5. The van der Waals surface area contributed by atoms with Gasteiger partial charge >= 0.3 is 17.7 Å². The number of carboxylic acid groups (broad SMARTS) is 1. The number of carbonyl (C=O) groups excluding carboxylic acids is 1. The second-order valence-electron chi connectivity index (χ2n) is 5.67. The Morgan fingerprint density at radius 3 is 2.81 bits per heavy atom. The molecule has 1 aromatic carbocycles. The van der Waals surface area contributed by atoms with Crippen LogP contribution < -0.4 is 4.74 Å². The first-order valence-electron chi connectivity index (χ1n) is 7.78. The molecule has 1 aliphatic rings. The minimum atomic E-state index is -1.19. The van der Waals surface area contributed by atoms with Gasteiger partial charge in [0.15, 0.2) is 6.61 Å². The molecule has 0 bridgehead atoms. The van der Waals surface area contributed by atoms with Crippen LogP contribution in [0.15, 0.2) is 11.6 Å². The maximum atomic E-state index is 14.7. The fourth-order valence-electron chi connectivity index (χ4n) is 2.61. The summed E-state index contributed by atoms with van der Waals surface area (Å²) in [7, 11) is 1.10. The molecule has 1 saturated heterocycles. The summed E-state index contributed by atoms with van der Waals surface area (Å²) in [6.07, 6.45) is 1.31. The van der Waals surface area contributed by atoms with Crippen LogP contribution >= 0.6 is 11.6 Å². The van der Waals surface area contributed by atoms with E-state index in [4.69, 9.17) is 21.4 Å². The Labute approximate surface area is 158 Å². The summed E-state index contributed by atoms with van der Waals surface area (Å²) in [5.74, 6) is -2.59. The number of hydrogen-bond donors (Lipinski definition) is 1. The zero-order valence-electron chi connectivity index (χ0n) is 14.2. The lowest BCUT2D eigenvalue weighted by atomic mass is 10.0. The molecule has 11 heteroatoms. The van der Waals surface area contributed by atoms with Gasteiger partial charge in [0, 0.05) is 18.7 Å². The van der Waals surface area contributed by atoms with Crippen LogP contribution in [0.3, 0.4) is 0 Å². The summed E-state index contributed by atoms with van der Waals surface area (Å²) in [6.45, 7) is -0.248. The van der Waals surface area contributed by atoms with Gasteiger partial charge in [0.1, 0.15) is 0 Å². The zero-order valence-corrected chi connectivity index (χ0v) is 15.0. The van der Waals surface area contributed by atoms with Gasteiger partial charge < -0.3 is 19.5 Å². The minimum Gasteiger partial charge on any atom is -0.474 e. The normalized spacial score (nSPS) is 15.5. The molecule has 2 rings (SSSR count). The number of likely N-dealkylation sites (tertiary alicyclic amines) is 1. The third kappa shape index (κ3) is 4.85. The molecule has 0 unspecified atom stereocenters. The monoisotopic (exact) mass is 402 g/mol. The first kappa shape index (κ1) is 20.4. The number of rotatable bonds is 5. The van der Waals surface area contributed by atoms with E-state index in [1.807, 2.05) is 0 Å². The molecule has 9 nitrogen and oxygen atoms in total. The summed E-state index contributed by atoms with van der Waals surface area (Å²) < 4.78 is 24.0. The van der Waals surface area contributed by atoms with Gasteiger partial charge in [-0.05, 0) is 24.5 Å². The number of nitro groups is 1. The predicted molar refractivity (Wildman–Crippen MR) is 92.4 cm³/mol. The van der Waals surface area contributed by atoms with E-state index in [1.54, 1.807) is 0 Å². The van der Waals surface area contributed by atoms with E-state index in [2.05, 4.69) is 4.74 Å². The maximum Gasteiger partial charge on any atom is 0.407 e. The zero-order chi connectivity index (χ0) is 20.1. The largest absolute Gasteiger partial charge is 0.474 e. The van der Waals surface area contributed by atoms with Crippen molar-refractivity contribution in [3.05, 3.63) is 38.2 Å². The van der Waals surface area contributed by atoms with Gasteiger partial charge in [0.05, 0.1) is 17.1 Å². The summed E-state index contributed by atoms with van der Waals surface area (Å²) >= 11 is 5.99. The van der Waals surface area contributed by atoms with Crippen molar-refractivity contribution in [2.24, 2.45) is 0 Å². The summed E-state index contributed by atoms with van der Waals surface area (Å²) in [6, 6.07) is 1.13. The van der Waals surface area contributed by atoms with Crippen LogP contribution in [0.25, 0.3) is 6.08 Å². The smallest absolute Gasteiger partial charge is 0.407 e. The van der Waals surface area contributed by atoms with E-state index in [-0.39, 0.29) is 17.1 Å². The first-order valence-corrected chi connectivity index (χ1v) is 8.15. The topological polar surface area (TPSA) is 119 Å². The third-order valence-electron chi connectivity index (χ3n) is 3.87. The van der Waals surface area contributed by atoms with E-state index >= 15 is 0 Å². The molecule has 1 fully saturated rings. The molecule has 146 valence electrons. The number of halogens is 2. The Morgan fingerprint density at radius 1 is 1.52 bits per heavy atom. The van der Waals surface area contributed by atoms with Crippen LogP contribution in [-0.2, 0) is 9.53 Å². The van der Waals surface area contributed by atoms with Crippen LogP contribution in [0.2, 0.25) is 5.02 Å². The first-order chi connectivity index (χ1) is 12.7. The molecule has 1 heterocycles. The Balaban J connectivity index is 2.41. The quantitative estimate of drug-likeness (QED) is 0.456. The molecule has 0 spiro atoms. The fourth-order valence-corrected chi connectivity index (χ4v) is 2.87. The van der Waals surface area contributed by atoms with Crippen molar-refractivity contribution < 1.29 is 33.5 Å². The molecule has 0 radical (unpaired) electrons. The molecule has 0 atom stereocenters. The number of nitrogens with zero attached hydrogens (tertiary/aromatic N) is 2.